The molecule has 3 aliphatic heterocycles. The van der Waals surface area contributed by atoms with Crippen molar-refractivity contribution in [2.45, 2.75) is 13.0 Å². The summed E-state index contributed by atoms with van der Waals surface area (Å²) in [7, 11) is 0. The van der Waals surface area contributed by atoms with Crippen LogP contribution in [0.1, 0.15) is 5.69 Å². The minimum absolute atomic E-state index is 0.597. The van der Waals surface area contributed by atoms with E-state index in [0.717, 1.165) is 29.1 Å². The van der Waals surface area contributed by atoms with E-state index in [0.29, 0.717) is 6.04 Å². The van der Waals surface area contributed by atoms with Crippen LogP contribution in [0.3, 0.4) is 0 Å². The first kappa shape index (κ1) is 13.0. The van der Waals surface area contributed by atoms with E-state index >= 15 is 0 Å². The molecule has 0 saturated carbocycles. The number of nitrogens with zero attached hydrogens (tertiary/aromatic N) is 4. The lowest BCUT2D eigenvalue weighted by Gasteiger charge is -2.47. The number of aryl methyl sites for hydroxylation is 1. The second-order valence-corrected chi connectivity index (χ2v) is 6.02. The molecule has 0 aliphatic carbocycles. The smallest absolute Gasteiger partial charge is 0.148 e. The second-order valence-electron chi connectivity index (χ2n) is 6.02. The topological polar surface area (TPSA) is 44.3 Å². The third kappa shape index (κ3) is 2.47. The van der Waals surface area contributed by atoms with Gasteiger partial charge in [-0.15, -0.1) is 0 Å². The van der Waals surface area contributed by atoms with Crippen molar-refractivity contribution in [3.63, 3.8) is 0 Å². The fourth-order valence-electron chi connectivity index (χ4n) is 3.39. The molecule has 1 atom stereocenters. The Hall–Kier alpha value is -1.72. The van der Waals surface area contributed by atoms with Crippen molar-refractivity contribution in [2.24, 2.45) is 0 Å². The zero-order valence-electron chi connectivity index (χ0n) is 12.4. The van der Waals surface area contributed by atoms with Gasteiger partial charge in [-0.1, -0.05) is 12.1 Å². The van der Waals surface area contributed by atoms with Gasteiger partial charge in [0.2, 0.25) is 0 Å². The molecule has 2 bridgehead atoms. The summed E-state index contributed by atoms with van der Waals surface area (Å²) in [5, 5.41) is 3.52. The summed E-state index contributed by atoms with van der Waals surface area (Å²) in [6.45, 7) is 9.01. The number of aromatic nitrogens is 2. The summed E-state index contributed by atoms with van der Waals surface area (Å²) in [6, 6.07) is 8.64. The molecule has 1 aromatic carbocycles. The van der Waals surface area contributed by atoms with Crippen molar-refractivity contribution >= 4 is 16.9 Å². The van der Waals surface area contributed by atoms with Gasteiger partial charge in [0.15, 0.2) is 0 Å². The Morgan fingerprint density at radius 2 is 1.81 bits per heavy atom. The lowest BCUT2D eigenvalue weighted by Crippen LogP contribution is -2.62. The largest absolute Gasteiger partial charge is 0.367 e. The number of nitrogens with one attached hydrogen (secondary N) is 1. The lowest BCUT2D eigenvalue weighted by atomic mass is 10.1. The molecule has 0 spiro atoms. The van der Waals surface area contributed by atoms with Gasteiger partial charge in [0.05, 0.1) is 16.7 Å². The van der Waals surface area contributed by atoms with Crippen LogP contribution in [0.2, 0.25) is 0 Å². The van der Waals surface area contributed by atoms with Crippen molar-refractivity contribution in [1.82, 2.24) is 19.8 Å². The Labute approximate surface area is 125 Å². The van der Waals surface area contributed by atoms with Gasteiger partial charge in [-0.05, 0) is 19.1 Å². The maximum Gasteiger partial charge on any atom is 0.148 e. The van der Waals surface area contributed by atoms with Gasteiger partial charge < -0.3 is 5.32 Å². The standard InChI is InChI=1S/C16H21N5/c1-12-16(19-15-5-3-2-4-14(15)18-12)17-10-13-11-20-6-8-21(13)9-7-20/h2-5,13H,6-11H2,1H3,(H,17,19). The summed E-state index contributed by atoms with van der Waals surface area (Å²) < 4.78 is 0. The van der Waals surface area contributed by atoms with Gasteiger partial charge in [0, 0.05) is 45.3 Å². The fourth-order valence-corrected chi connectivity index (χ4v) is 3.39. The minimum atomic E-state index is 0.597. The molecule has 110 valence electrons. The highest BCUT2D eigenvalue weighted by Crippen LogP contribution is 2.19. The third-order valence-electron chi connectivity index (χ3n) is 4.64. The predicted molar refractivity (Wildman–Crippen MR) is 84.6 cm³/mol. The van der Waals surface area contributed by atoms with Crippen molar-refractivity contribution < 1.29 is 0 Å². The van der Waals surface area contributed by atoms with Crippen LogP contribution in [0, 0.1) is 6.92 Å². The quantitative estimate of drug-likeness (QED) is 0.921. The van der Waals surface area contributed by atoms with Gasteiger partial charge in [0.25, 0.3) is 0 Å². The average Bonchev–Trinajstić information content (AvgIpc) is 2.54. The van der Waals surface area contributed by atoms with Gasteiger partial charge >= 0.3 is 0 Å². The number of hydrogen-bond acceptors (Lipinski definition) is 5. The summed E-state index contributed by atoms with van der Waals surface area (Å²) >= 11 is 0. The Morgan fingerprint density at radius 3 is 2.48 bits per heavy atom. The fraction of sp³-hybridized carbons (Fsp3) is 0.500. The molecule has 4 heterocycles. The monoisotopic (exact) mass is 283 g/mol. The third-order valence-corrected chi connectivity index (χ3v) is 4.64. The molecule has 0 radical (unpaired) electrons. The maximum absolute atomic E-state index is 4.72. The van der Waals surface area contributed by atoms with Crippen molar-refractivity contribution in [2.75, 3.05) is 44.6 Å². The Bertz CT molecular complexity index is 648. The van der Waals surface area contributed by atoms with Crippen molar-refractivity contribution in [3.8, 4) is 0 Å². The molecule has 21 heavy (non-hydrogen) atoms. The van der Waals surface area contributed by atoms with E-state index in [2.05, 4.69) is 20.1 Å². The van der Waals surface area contributed by atoms with Crippen LogP contribution in [0.4, 0.5) is 5.82 Å². The molecule has 0 amide bonds. The minimum Gasteiger partial charge on any atom is -0.367 e. The van der Waals surface area contributed by atoms with Crippen LogP contribution in [0.15, 0.2) is 24.3 Å². The molecular formula is C16H21N5. The molecule has 5 nitrogen and oxygen atoms in total. The van der Waals surface area contributed by atoms with Crippen LogP contribution < -0.4 is 5.32 Å². The van der Waals surface area contributed by atoms with E-state index in [1.54, 1.807) is 0 Å². The number of anilines is 1. The number of fused-ring (bicyclic) bond motifs is 4. The number of hydrogen-bond donors (Lipinski definition) is 1. The van der Waals surface area contributed by atoms with Gasteiger partial charge in [-0.25, -0.2) is 9.97 Å². The number of benzene rings is 1. The van der Waals surface area contributed by atoms with E-state index < -0.39 is 0 Å². The first-order chi connectivity index (χ1) is 10.3. The highest BCUT2D eigenvalue weighted by molar-refractivity contribution is 5.76. The lowest BCUT2D eigenvalue weighted by molar-refractivity contribution is 0.0189. The molecular weight excluding hydrogens is 262 g/mol. The Balaban J connectivity index is 1.50. The van der Waals surface area contributed by atoms with Crippen LogP contribution in [0.25, 0.3) is 11.0 Å². The molecule has 1 N–H and O–H groups in total. The molecule has 2 aromatic rings. The molecule has 5 rings (SSSR count). The molecule has 1 unspecified atom stereocenters. The zero-order valence-corrected chi connectivity index (χ0v) is 12.4. The summed E-state index contributed by atoms with van der Waals surface area (Å²) in [5.41, 5.74) is 2.90. The van der Waals surface area contributed by atoms with Crippen LogP contribution in [-0.4, -0.2) is 65.1 Å². The SMILES string of the molecule is Cc1nc2ccccc2nc1NCC1CN2CCN1CC2. The van der Waals surface area contributed by atoms with Gasteiger partial charge in [-0.3, -0.25) is 9.80 Å². The zero-order chi connectivity index (χ0) is 14.2. The number of piperazine rings is 3. The Kier molecular flexibility index (Phi) is 3.24. The normalized spacial score (nSPS) is 28.0. The first-order valence-corrected chi connectivity index (χ1v) is 7.73. The molecule has 3 aliphatic rings. The summed E-state index contributed by atoms with van der Waals surface area (Å²) in [5.74, 6) is 0.923. The van der Waals surface area contributed by atoms with E-state index in [9.17, 15) is 0 Å². The maximum atomic E-state index is 4.72. The van der Waals surface area contributed by atoms with Crippen molar-refractivity contribution in [3.05, 3.63) is 30.0 Å². The van der Waals surface area contributed by atoms with E-state index in [1.807, 2.05) is 31.2 Å². The van der Waals surface area contributed by atoms with Gasteiger partial charge in [-0.2, -0.15) is 0 Å². The predicted octanol–water partition coefficient (Wildman–Crippen LogP) is 1.35. The summed E-state index contributed by atoms with van der Waals surface area (Å²) in [4.78, 5) is 14.5. The highest BCUT2D eigenvalue weighted by Gasteiger charge is 2.31. The number of rotatable bonds is 3. The molecule has 3 fully saturated rings. The first-order valence-electron chi connectivity index (χ1n) is 7.73. The van der Waals surface area contributed by atoms with E-state index in [1.165, 1.54) is 32.7 Å². The molecule has 3 saturated heterocycles. The summed E-state index contributed by atoms with van der Waals surface area (Å²) in [6.07, 6.45) is 0. The Morgan fingerprint density at radius 1 is 1.10 bits per heavy atom. The number of para-hydroxylation sites is 2. The molecule has 5 heteroatoms. The van der Waals surface area contributed by atoms with Crippen LogP contribution >= 0.6 is 0 Å². The van der Waals surface area contributed by atoms with Crippen molar-refractivity contribution in [1.29, 1.82) is 0 Å². The molecule has 1 aromatic heterocycles. The van der Waals surface area contributed by atoms with E-state index in [4.69, 9.17) is 4.98 Å². The highest BCUT2D eigenvalue weighted by atomic mass is 15.3. The van der Waals surface area contributed by atoms with Crippen LogP contribution in [-0.2, 0) is 0 Å². The average molecular weight is 283 g/mol. The van der Waals surface area contributed by atoms with Gasteiger partial charge in [0.1, 0.15) is 5.82 Å². The van der Waals surface area contributed by atoms with Crippen LogP contribution in [0.5, 0.6) is 0 Å². The second kappa shape index (κ2) is 5.24. The van der Waals surface area contributed by atoms with E-state index in [-0.39, 0.29) is 0 Å².